The topological polar surface area (TPSA) is 63.4 Å². The minimum absolute atomic E-state index is 0.0660. The maximum atomic E-state index is 11.6. The summed E-state index contributed by atoms with van der Waals surface area (Å²) in [5.74, 6) is -0.854. The van der Waals surface area contributed by atoms with Gasteiger partial charge in [0.1, 0.15) is 0 Å². The molecular weight excluding hydrogens is 204 g/mol. The van der Waals surface area contributed by atoms with Gasteiger partial charge in [-0.15, -0.1) is 0 Å². The van der Waals surface area contributed by atoms with Crippen molar-refractivity contribution in [2.45, 2.75) is 25.8 Å². The van der Waals surface area contributed by atoms with E-state index in [1.807, 2.05) is 31.2 Å². The molecule has 2 amide bonds. The first kappa shape index (κ1) is 10.7. The van der Waals surface area contributed by atoms with Crippen molar-refractivity contribution in [3.8, 4) is 0 Å². The van der Waals surface area contributed by atoms with Crippen LogP contribution < -0.4 is 10.6 Å². The van der Waals surface area contributed by atoms with Gasteiger partial charge < -0.3 is 10.6 Å². The summed E-state index contributed by atoms with van der Waals surface area (Å²) in [5, 5.41) is 0. The third-order valence-corrected chi connectivity index (χ3v) is 3.07. The maximum absolute atomic E-state index is 11.6. The number of fused-ring (bicyclic) bond motifs is 1. The number of amides is 2. The van der Waals surface area contributed by atoms with Gasteiger partial charge in [-0.05, 0) is 18.6 Å². The Kier molecular flexibility index (Phi) is 2.42. The van der Waals surface area contributed by atoms with E-state index in [4.69, 9.17) is 5.73 Å². The van der Waals surface area contributed by atoms with E-state index in [-0.39, 0.29) is 17.9 Å². The Morgan fingerprint density at radius 2 is 1.94 bits per heavy atom. The van der Waals surface area contributed by atoms with E-state index in [1.54, 1.807) is 4.90 Å². The Bertz CT molecular complexity index is 415. The molecule has 0 aromatic heterocycles. The number of carbonyl (C=O) groups excluding carboxylic acids is 2. The molecule has 0 spiro atoms. The van der Waals surface area contributed by atoms with Gasteiger partial charge in [0, 0.05) is 18.7 Å². The lowest BCUT2D eigenvalue weighted by molar-refractivity contribution is -0.120. The summed E-state index contributed by atoms with van der Waals surface area (Å²) in [5.41, 5.74) is 7.03. The Hall–Kier alpha value is -1.84. The lowest BCUT2D eigenvalue weighted by atomic mass is 9.95. The van der Waals surface area contributed by atoms with Crippen molar-refractivity contribution in [1.29, 1.82) is 0 Å². The second kappa shape index (κ2) is 3.63. The van der Waals surface area contributed by atoms with Gasteiger partial charge in [0.05, 0.1) is 5.92 Å². The molecule has 0 saturated carbocycles. The standard InChI is InChI=1S/C12H14N2O2/c1-7-11(12(13)16)9-5-3-4-6-10(9)14(7)8(2)15/h3-7,11H,1-2H3,(H2,13,16). The predicted molar refractivity (Wildman–Crippen MR) is 61.0 cm³/mol. The zero-order valence-electron chi connectivity index (χ0n) is 9.31. The molecular formula is C12H14N2O2. The van der Waals surface area contributed by atoms with Crippen molar-refractivity contribution in [3.63, 3.8) is 0 Å². The van der Waals surface area contributed by atoms with Crippen LogP contribution in [0, 0.1) is 0 Å². The Balaban J connectivity index is 2.57. The van der Waals surface area contributed by atoms with Gasteiger partial charge in [0.25, 0.3) is 0 Å². The highest BCUT2D eigenvalue weighted by Gasteiger charge is 2.40. The predicted octanol–water partition coefficient (Wildman–Crippen LogP) is 1.01. The molecule has 1 heterocycles. The van der Waals surface area contributed by atoms with Crippen molar-refractivity contribution in [3.05, 3.63) is 29.8 Å². The first-order valence-electron chi connectivity index (χ1n) is 5.22. The normalized spacial score (nSPS) is 23.0. The van der Waals surface area contributed by atoms with E-state index in [0.29, 0.717) is 0 Å². The average Bonchev–Trinajstić information content (AvgIpc) is 2.49. The largest absolute Gasteiger partial charge is 0.369 e. The number of hydrogen-bond donors (Lipinski definition) is 1. The molecule has 4 nitrogen and oxygen atoms in total. The smallest absolute Gasteiger partial charge is 0.227 e. The van der Waals surface area contributed by atoms with Crippen LogP contribution in [-0.4, -0.2) is 17.9 Å². The third kappa shape index (κ3) is 1.38. The van der Waals surface area contributed by atoms with Crippen molar-refractivity contribution in [2.24, 2.45) is 5.73 Å². The molecule has 2 atom stereocenters. The van der Waals surface area contributed by atoms with Gasteiger partial charge in [-0.2, -0.15) is 0 Å². The molecule has 2 rings (SSSR count). The third-order valence-electron chi connectivity index (χ3n) is 3.07. The number of hydrogen-bond acceptors (Lipinski definition) is 2. The Labute approximate surface area is 94.0 Å². The molecule has 1 aliphatic heterocycles. The van der Waals surface area contributed by atoms with Crippen molar-refractivity contribution < 1.29 is 9.59 Å². The molecule has 0 aliphatic carbocycles. The SMILES string of the molecule is CC(=O)N1c2ccccc2C(C(N)=O)C1C. The van der Waals surface area contributed by atoms with Gasteiger partial charge in [0.2, 0.25) is 11.8 Å². The van der Waals surface area contributed by atoms with Crippen LogP contribution in [0.1, 0.15) is 25.3 Å². The van der Waals surface area contributed by atoms with Crippen LogP contribution in [0.4, 0.5) is 5.69 Å². The second-order valence-corrected chi connectivity index (χ2v) is 4.07. The maximum Gasteiger partial charge on any atom is 0.227 e. The first-order chi connectivity index (χ1) is 7.54. The average molecular weight is 218 g/mol. The number of nitrogens with zero attached hydrogens (tertiary/aromatic N) is 1. The molecule has 0 fully saturated rings. The van der Waals surface area contributed by atoms with Crippen LogP contribution in [0.3, 0.4) is 0 Å². The zero-order valence-corrected chi connectivity index (χ0v) is 9.31. The van der Waals surface area contributed by atoms with Crippen LogP contribution in [0.25, 0.3) is 0 Å². The van der Waals surface area contributed by atoms with Crippen LogP contribution in [0.2, 0.25) is 0 Å². The van der Waals surface area contributed by atoms with Crippen LogP contribution in [-0.2, 0) is 9.59 Å². The molecule has 4 heteroatoms. The number of anilines is 1. The summed E-state index contributed by atoms with van der Waals surface area (Å²) in [6, 6.07) is 7.20. The summed E-state index contributed by atoms with van der Waals surface area (Å²) >= 11 is 0. The summed E-state index contributed by atoms with van der Waals surface area (Å²) in [7, 11) is 0. The van der Waals surface area contributed by atoms with E-state index >= 15 is 0 Å². The van der Waals surface area contributed by atoms with Crippen LogP contribution in [0.15, 0.2) is 24.3 Å². The minimum atomic E-state index is -0.403. The monoisotopic (exact) mass is 218 g/mol. The lowest BCUT2D eigenvalue weighted by Gasteiger charge is -2.22. The molecule has 0 bridgehead atoms. The van der Waals surface area contributed by atoms with E-state index in [0.717, 1.165) is 11.3 Å². The molecule has 1 aromatic rings. The lowest BCUT2D eigenvalue weighted by Crippen LogP contribution is -2.39. The van der Waals surface area contributed by atoms with Crippen LogP contribution in [0.5, 0.6) is 0 Å². The van der Waals surface area contributed by atoms with Crippen molar-refractivity contribution >= 4 is 17.5 Å². The van der Waals surface area contributed by atoms with E-state index in [9.17, 15) is 9.59 Å². The summed E-state index contributed by atoms with van der Waals surface area (Å²) in [6.45, 7) is 3.34. The summed E-state index contributed by atoms with van der Waals surface area (Å²) in [4.78, 5) is 24.6. The Morgan fingerprint density at radius 3 is 2.50 bits per heavy atom. The fourth-order valence-electron chi connectivity index (χ4n) is 2.45. The van der Waals surface area contributed by atoms with Crippen molar-refractivity contribution in [2.75, 3.05) is 4.90 Å². The van der Waals surface area contributed by atoms with Gasteiger partial charge in [-0.3, -0.25) is 9.59 Å². The van der Waals surface area contributed by atoms with E-state index in [2.05, 4.69) is 0 Å². The molecule has 2 N–H and O–H groups in total. The molecule has 16 heavy (non-hydrogen) atoms. The summed E-state index contributed by atoms with van der Waals surface area (Å²) < 4.78 is 0. The summed E-state index contributed by atoms with van der Waals surface area (Å²) in [6.07, 6.45) is 0. The molecule has 1 aliphatic rings. The number of carbonyl (C=O) groups is 2. The van der Waals surface area contributed by atoms with Gasteiger partial charge in [0.15, 0.2) is 0 Å². The number of para-hydroxylation sites is 1. The molecule has 2 unspecified atom stereocenters. The molecule has 0 saturated heterocycles. The number of rotatable bonds is 1. The fourth-order valence-corrected chi connectivity index (χ4v) is 2.45. The quantitative estimate of drug-likeness (QED) is 0.764. The van der Waals surface area contributed by atoms with Crippen molar-refractivity contribution in [1.82, 2.24) is 0 Å². The highest BCUT2D eigenvalue weighted by molar-refractivity contribution is 5.99. The minimum Gasteiger partial charge on any atom is -0.369 e. The van der Waals surface area contributed by atoms with E-state index in [1.165, 1.54) is 6.92 Å². The number of benzene rings is 1. The second-order valence-electron chi connectivity index (χ2n) is 4.07. The van der Waals surface area contributed by atoms with Gasteiger partial charge in [-0.25, -0.2) is 0 Å². The Morgan fingerprint density at radius 1 is 1.31 bits per heavy atom. The fraction of sp³-hybridized carbons (Fsp3) is 0.333. The van der Waals surface area contributed by atoms with Crippen LogP contribution >= 0.6 is 0 Å². The molecule has 84 valence electrons. The van der Waals surface area contributed by atoms with Gasteiger partial charge >= 0.3 is 0 Å². The highest BCUT2D eigenvalue weighted by Crippen LogP contribution is 2.40. The number of nitrogens with two attached hydrogens (primary N) is 1. The van der Waals surface area contributed by atoms with E-state index < -0.39 is 5.92 Å². The van der Waals surface area contributed by atoms with Gasteiger partial charge in [-0.1, -0.05) is 18.2 Å². The zero-order chi connectivity index (χ0) is 11.9. The number of primary amides is 1. The highest BCUT2D eigenvalue weighted by atomic mass is 16.2. The molecule has 1 aromatic carbocycles. The first-order valence-corrected chi connectivity index (χ1v) is 5.22. The molecule has 0 radical (unpaired) electrons.